The fourth-order valence-electron chi connectivity index (χ4n) is 1.79. The van der Waals surface area contributed by atoms with Crippen molar-refractivity contribution in [2.75, 3.05) is 36.2 Å². The lowest BCUT2D eigenvalue weighted by molar-refractivity contribution is 0.919. The molecule has 0 saturated heterocycles. The average Bonchev–Trinajstić information content (AvgIpc) is 2.45. The number of rotatable bonds is 6. The van der Waals surface area contributed by atoms with Gasteiger partial charge in [-0.2, -0.15) is 15.0 Å². The van der Waals surface area contributed by atoms with Crippen molar-refractivity contribution in [1.82, 2.24) is 15.0 Å². The first kappa shape index (κ1) is 15.0. The van der Waals surface area contributed by atoms with Crippen LogP contribution in [0.5, 0.6) is 0 Å². The van der Waals surface area contributed by atoms with Crippen LogP contribution in [0.3, 0.4) is 0 Å². The minimum Gasteiger partial charge on any atom is -0.354 e. The number of benzene rings is 1. The van der Waals surface area contributed by atoms with Crippen LogP contribution in [0.25, 0.3) is 0 Å². The predicted molar refractivity (Wildman–Crippen MR) is 87.4 cm³/mol. The van der Waals surface area contributed by atoms with Crippen molar-refractivity contribution in [2.45, 2.75) is 20.3 Å². The van der Waals surface area contributed by atoms with Gasteiger partial charge in [0, 0.05) is 26.3 Å². The van der Waals surface area contributed by atoms with Gasteiger partial charge in [-0.15, -0.1) is 0 Å². The van der Waals surface area contributed by atoms with Gasteiger partial charge < -0.3 is 15.5 Å². The van der Waals surface area contributed by atoms with E-state index < -0.39 is 0 Å². The molecule has 0 spiro atoms. The molecule has 0 fully saturated rings. The van der Waals surface area contributed by atoms with E-state index in [1.165, 1.54) is 5.56 Å². The number of aryl methyl sites for hydroxylation is 1. The lowest BCUT2D eigenvalue weighted by Gasteiger charge is -2.14. The Labute approximate surface area is 125 Å². The highest BCUT2D eigenvalue weighted by atomic mass is 15.3. The van der Waals surface area contributed by atoms with Crippen LogP contribution in [0, 0.1) is 6.92 Å². The van der Waals surface area contributed by atoms with Gasteiger partial charge in [-0.05, 0) is 31.0 Å². The summed E-state index contributed by atoms with van der Waals surface area (Å²) in [5.41, 5.74) is 2.15. The Morgan fingerprint density at radius 2 is 1.86 bits per heavy atom. The van der Waals surface area contributed by atoms with E-state index in [1.54, 1.807) is 0 Å². The second-order valence-corrected chi connectivity index (χ2v) is 5.10. The topological polar surface area (TPSA) is 66.0 Å². The van der Waals surface area contributed by atoms with Gasteiger partial charge in [0.1, 0.15) is 0 Å². The Morgan fingerprint density at radius 3 is 2.52 bits per heavy atom. The molecule has 1 aromatic heterocycles. The highest BCUT2D eigenvalue weighted by molar-refractivity contribution is 5.56. The molecule has 0 bridgehead atoms. The highest BCUT2D eigenvalue weighted by Crippen LogP contribution is 2.17. The molecule has 21 heavy (non-hydrogen) atoms. The first-order valence-electron chi connectivity index (χ1n) is 7.09. The first-order chi connectivity index (χ1) is 10.1. The first-order valence-corrected chi connectivity index (χ1v) is 7.09. The molecule has 0 unspecified atom stereocenters. The van der Waals surface area contributed by atoms with Gasteiger partial charge in [0.05, 0.1) is 0 Å². The number of nitrogens with zero attached hydrogens (tertiary/aromatic N) is 4. The quantitative estimate of drug-likeness (QED) is 0.851. The second kappa shape index (κ2) is 6.88. The lowest BCUT2D eigenvalue weighted by Crippen LogP contribution is -2.16. The summed E-state index contributed by atoms with van der Waals surface area (Å²) < 4.78 is 0. The minimum absolute atomic E-state index is 0.540. The number of aromatic nitrogens is 3. The molecule has 0 amide bonds. The van der Waals surface area contributed by atoms with Crippen LogP contribution >= 0.6 is 0 Å². The Morgan fingerprint density at radius 1 is 1.10 bits per heavy atom. The molecule has 0 aliphatic carbocycles. The summed E-state index contributed by atoms with van der Waals surface area (Å²) in [6, 6.07) is 8.10. The lowest BCUT2D eigenvalue weighted by atomic mass is 10.2. The minimum atomic E-state index is 0.540. The molecule has 0 aliphatic rings. The van der Waals surface area contributed by atoms with E-state index in [-0.39, 0.29) is 0 Å². The van der Waals surface area contributed by atoms with E-state index in [0.717, 1.165) is 18.7 Å². The van der Waals surface area contributed by atoms with Crippen molar-refractivity contribution in [3.63, 3.8) is 0 Å². The smallest absolute Gasteiger partial charge is 0.233 e. The average molecular weight is 286 g/mol. The molecule has 0 saturated carbocycles. The number of hydrogen-bond donors (Lipinski definition) is 2. The maximum atomic E-state index is 4.42. The van der Waals surface area contributed by atoms with Crippen LogP contribution in [0.2, 0.25) is 0 Å². The van der Waals surface area contributed by atoms with Crippen molar-refractivity contribution < 1.29 is 0 Å². The summed E-state index contributed by atoms with van der Waals surface area (Å²) in [6.07, 6.45) is 1.02. The molecule has 1 heterocycles. The largest absolute Gasteiger partial charge is 0.354 e. The summed E-state index contributed by atoms with van der Waals surface area (Å²) in [4.78, 5) is 15.1. The zero-order valence-electron chi connectivity index (χ0n) is 13.0. The molecule has 2 aromatic rings. The fourth-order valence-corrected chi connectivity index (χ4v) is 1.79. The van der Waals surface area contributed by atoms with Gasteiger partial charge in [-0.25, -0.2) is 0 Å². The van der Waals surface area contributed by atoms with Gasteiger partial charge in [0.15, 0.2) is 0 Å². The summed E-state index contributed by atoms with van der Waals surface area (Å²) in [5, 5.41) is 6.43. The molecular weight excluding hydrogens is 264 g/mol. The zero-order valence-corrected chi connectivity index (χ0v) is 13.0. The maximum absolute atomic E-state index is 4.42. The van der Waals surface area contributed by atoms with Crippen LogP contribution < -0.4 is 15.5 Å². The van der Waals surface area contributed by atoms with Gasteiger partial charge in [0.2, 0.25) is 17.8 Å². The molecule has 112 valence electrons. The number of nitrogens with one attached hydrogen (secondary N) is 2. The molecule has 0 aliphatic heterocycles. The third-order valence-electron chi connectivity index (χ3n) is 2.83. The molecule has 6 heteroatoms. The molecule has 0 atom stereocenters. The standard InChI is InChI=1S/C15H22N6/c1-5-9-16-13-18-14(20-15(19-13)21(3)4)17-12-8-6-7-11(2)10-12/h6-8,10H,5,9H2,1-4H3,(H2,16,17,18,19,20). The third kappa shape index (κ3) is 4.30. The fraction of sp³-hybridized carbons (Fsp3) is 0.400. The van der Waals surface area contributed by atoms with Crippen LogP contribution in [0.4, 0.5) is 23.5 Å². The molecular formula is C15H22N6. The van der Waals surface area contributed by atoms with Crippen LogP contribution in [-0.4, -0.2) is 35.6 Å². The monoisotopic (exact) mass is 286 g/mol. The van der Waals surface area contributed by atoms with Crippen molar-refractivity contribution in [2.24, 2.45) is 0 Å². The molecule has 6 nitrogen and oxygen atoms in total. The van der Waals surface area contributed by atoms with E-state index in [0.29, 0.717) is 17.8 Å². The summed E-state index contributed by atoms with van der Waals surface area (Å²) in [5.74, 6) is 1.75. The Balaban J connectivity index is 2.26. The SMILES string of the molecule is CCCNc1nc(Nc2cccc(C)c2)nc(N(C)C)n1. The van der Waals surface area contributed by atoms with Gasteiger partial charge in [0.25, 0.3) is 0 Å². The number of anilines is 4. The maximum Gasteiger partial charge on any atom is 0.233 e. The van der Waals surface area contributed by atoms with Crippen LogP contribution in [-0.2, 0) is 0 Å². The van der Waals surface area contributed by atoms with Crippen molar-refractivity contribution in [3.05, 3.63) is 29.8 Å². The van der Waals surface area contributed by atoms with E-state index in [2.05, 4.69) is 51.6 Å². The molecule has 2 N–H and O–H groups in total. The normalized spacial score (nSPS) is 10.3. The van der Waals surface area contributed by atoms with Crippen molar-refractivity contribution in [1.29, 1.82) is 0 Å². The zero-order chi connectivity index (χ0) is 15.2. The van der Waals surface area contributed by atoms with E-state index in [4.69, 9.17) is 0 Å². The number of hydrogen-bond acceptors (Lipinski definition) is 6. The van der Waals surface area contributed by atoms with Crippen molar-refractivity contribution >= 4 is 23.5 Å². The van der Waals surface area contributed by atoms with Crippen LogP contribution in [0.1, 0.15) is 18.9 Å². The Kier molecular flexibility index (Phi) is 4.92. The van der Waals surface area contributed by atoms with E-state index in [9.17, 15) is 0 Å². The van der Waals surface area contributed by atoms with Gasteiger partial charge >= 0.3 is 0 Å². The Bertz CT molecular complexity index is 596. The molecule has 2 rings (SSSR count). The summed E-state index contributed by atoms with van der Waals surface area (Å²) >= 11 is 0. The van der Waals surface area contributed by atoms with Gasteiger partial charge in [-0.3, -0.25) is 0 Å². The highest BCUT2D eigenvalue weighted by Gasteiger charge is 2.08. The summed E-state index contributed by atoms with van der Waals surface area (Å²) in [6.45, 7) is 4.99. The van der Waals surface area contributed by atoms with E-state index in [1.807, 2.05) is 31.1 Å². The molecule has 1 aromatic carbocycles. The third-order valence-corrected chi connectivity index (χ3v) is 2.83. The van der Waals surface area contributed by atoms with Crippen LogP contribution in [0.15, 0.2) is 24.3 Å². The predicted octanol–water partition coefficient (Wildman–Crippen LogP) is 2.81. The second-order valence-electron chi connectivity index (χ2n) is 5.10. The van der Waals surface area contributed by atoms with Gasteiger partial charge in [-0.1, -0.05) is 19.1 Å². The van der Waals surface area contributed by atoms with E-state index >= 15 is 0 Å². The summed E-state index contributed by atoms with van der Waals surface area (Å²) in [7, 11) is 3.82. The molecule has 0 radical (unpaired) electrons. The van der Waals surface area contributed by atoms with Crippen molar-refractivity contribution in [3.8, 4) is 0 Å². The Hall–Kier alpha value is -2.37.